The number of methoxy groups -OCH3 is 1. The van der Waals surface area contributed by atoms with Crippen LogP contribution in [0, 0.1) is 0 Å². The number of nitrogens with zero attached hydrogens (tertiary/aromatic N) is 2. The van der Waals surface area contributed by atoms with Crippen LogP contribution in [0.3, 0.4) is 0 Å². The number of nitrogens with one attached hydrogen (secondary N) is 1. The van der Waals surface area contributed by atoms with Crippen LogP contribution in [0.15, 0.2) is 77.8 Å². The lowest BCUT2D eigenvalue weighted by Gasteiger charge is -2.26. The minimum Gasteiger partial charge on any atom is -0.497 e. The number of benzene rings is 3. The second-order valence-electron chi connectivity index (χ2n) is 8.74. The van der Waals surface area contributed by atoms with Gasteiger partial charge in [0.15, 0.2) is 0 Å². The second kappa shape index (κ2) is 9.59. The van der Waals surface area contributed by atoms with Crippen LogP contribution in [0.25, 0.3) is 0 Å². The molecule has 2 aliphatic rings. The minimum absolute atomic E-state index is 0.0671. The van der Waals surface area contributed by atoms with E-state index in [4.69, 9.17) is 9.73 Å². The van der Waals surface area contributed by atoms with Crippen LogP contribution in [-0.2, 0) is 11.3 Å². The highest BCUT2D eigenvalue weighted by molar-refractivity contribution is 6.24. The van der Waals surface area contributed by atoms with Gasteiger partial charge in [-0.1, -0.05) is 55.0 Å². The smallest absolute Gasteiger partial charge is 0.238 e. The first-order valence-corrected chi connectivity index (χ1v) is 11.7. The maximum atomic E-state index is 13.1. The third kappa shape index (κ3) is 4.69. The summed E-state index contributed by atoms with van der Waals surface area (Å²) in [5.74, 6) is 0.182. The molecular formula is C28H29N3O2. The fourth-order valence-corrected chi connectivity index (χ4v) is 4.74. The van der Waals surface area contributed by atoms with Crippen LogP contribution in [-0.4, -0.2) is 36.7 Å². The summed E-state index contributed by atoms with van der Waals surface area (Å²) < 4.78 is 5.33. The molecule has 5 nitrogen and oxygen atoms in total. The number of carbonyl (C=O) groups excluding carboxylic acids is 1. The average molecular weight is 440 g/mol. The third-order valence-corrected chi connectivity index (χ3v) is 6.48. The van der Waals surface area contributed by atoms with E-state index in [-0.39, 0.29) is 5.91 Å². The molecule has 2 aliphatic heterocycles. The molecule has 1 unspecified atom stereocenters. The van der Waals surface area contributed by atoms with E-state index in [9.17, 15) is 4.79 Å². The fraction of sp³-hybridized carbons (Fsp3) is 0.286. The van der Waals surface area contributed by atoms with Crippen molar-refractivity contribution >= 4 is 23.0 Å². The summed E-state index contributed by atoms with van der Waals surface area (Å²) in [5.41, 5.74) is 5.55. The molecule has 3 aromatic rings. The van der Waals surface area contributed by atoms with E-state index in [2.05, 4.69) is 34.5 Å². The number of likely N-dealkylation sites (tertiary alicyclic amines) is 1. The fourth-order valence-electron chi connectivity index (χ4n) is 4.74. The van der Waals surface area contributed by atoms with Crippen molar-refractivity contribution in [1.82, 2.24) is 4.90 Å². The van der Waals surface area contributed by atoms with E-state index in [1.807, 2.05) is 48.5 Å². The maximum absolute atomic E-state index is 13.1. The third-order valence-electron chi connectivity index (χ3n) is 6.48. The number of hydrogen-bond acceptors (Lipinski definition) is 4. The highest BCUT2D eigenvalue weighted by Crippen LogP contribution is 2.38. The lowest BCUT2D eigenvalue weighted by molar-refractivity contribution is -0.115. The van der Waals surface area contributed by atoms with Gasteiger partial charge in [-0.25, -0.2) is 0 Å². The Balaban J connectivity index is 1.47. The van der Waals surface area contributed by atoms with Crippen molar-refractivity contribution in [3.05, 3.63) is 89.5 Å². The summed E-state index contributed by atoms with van der Waals surface area (Å²) in [6, 6.07) is 24.1. The number of anilines is 1. The van der Waals surface area contributed by atoms with Crippen molar-refractivity contribution in [3.8, 4) is 5.75 Å². The highest BCUT2D eigenvalue weighted by Gasteiger charge is 2.35. The predicted octanol–water partition coefficient (Wildman–Crippen LogP) is 5.54. The van der Waals surface area contributed by atoms with Gasteiger partial charge in [0.05, 0.1) is 18.5 Å². The zero-order chi connectivity index (χ0) is 22.6. The lowest BCUT2D eigenvalue weighted by Crippen LogP contribution is -2.28. The number of rotatable bonds is 6. The molecule has 2 heterocycles. The van der Waals surface area contributed by atoms with Gasteiger partial charge in [0, 0.05) is 18.3 Å². The van der Waals surface area contributed by atoms with Crippen LogP contribution in [0.1, 0.15) is 41.9 Å². The van der Waals surface area contributed by atoms with E-state index in [1.165, 1.54) is 37.9 Å². The van der Waals surface area contributed by atoms with Gasteiger partial charge < -0.3 is 10.1 Å². The van der Waals surface area contributed by atoms with Crippen molar-refractivity contribution in [2.45, 2.75) is 31.7 Å². The molecule has 3 aromatic carbocycles. The molecule has 0 spiro atoms. The first-order valence-electron chi connectivity index (χ1n) is 11.7. The Morgan fingerprint density at radius 3 is 2.48 bits per heavy atom. The molecule has 1 N–H and O–H groups in total. The Morgan fingerprint density at radius 1 is 1.00 bits per heavy atom. The topological polar surface area (TPSA) is 53.9 Å². The van der Waals surface area contributed by atoms with Gasteiger partial charge in [0.2, 0.25) is 5.91 Å². The van der Waals surface area contributed by atoms with E-state index >= 15 is 0 Å². The monoisotopic (exact) mass is 439 g/mol. The predicted molar refractivity (Wildman–Crippen MR) is 133 cm³/mol. The van der Waals surface area contributed by atoms with Gasteiger partial charge in [-0.15, -0.1) is 0 Å². The molecule has 33 heavy (non-hydrogen) atoms. The van der Waals surface area contributed by atoms with Gasteiger partial charge in [-0.2, -0.15) is 0 Å². The van der Waals surface area contributed by atoms with Crippen LogP contribution < -0.4 is 10.1 Å². The molecule has 0 saturated carbocycles. The molecule has 0 aliphatic carbocycles. The summed E-state index contributed by atoms with van der Waals surface area (Å²) in [6.07, 6.45) is 3.93. The van der Waals surface area contributed by atoms with Crippen molar-refractivity contribution < 1.29 is 9.53 Å². The van der Waals surface area contributed by atoms with Crippen LogP contribution >= 0.6 is 0 Å². The number of aliphatic imine (C=N–C) groups is 1. The summed E-state index contributed by atoms with van der Waals surface area (Å²) in [7, 11) is 1.63. The second-order valence-corrected chi connectivity index (χ2v) is 8.74. The van der Waals surface area contributed by atoms with Crippen molar-refractivity contribution in [3.63, 3.8) is 0 Å². The molecule has 168 valence electrons. The summed E-state index contributed by atoms with van der Waals surface area (Å²) in [4.78, 5) is 20.6. The van der Waals surface area contributed by atoms with Gasteiger partial charge in [0.1, 0.15) is 11.7 Å². The minimum atomic E-state index is -0.471. The SMILES string of the molecule is COc1ccc2c(c1)NC(=O)C2C(=Nc1ccc(CN2CCCCC2)cc1)c1ccccc1. The summed E-state index contributed by atoms with van der Waals surface area (Å²) in [6.45, 7) is 3.34. The van der Waals surface area contributed by atoms with Crippen molar-refractivity contribution in [2.75, 3.05) is 25.5 Å². The number of carbonyl (C=O) groups is 1. The molecule has 0 bridgehead atoms. The number of amides is 1. The average Bonchev–Trinajstić information content (AvgIpc) is 3.19. The van der Waals surface area contributed by atoms with Crippen LogP contribution in [0.5, 0.6) is 5.75 Å². The number of fused-ring (bicyclic) bond motifs is 1. The quantitative estimate of drug-likeness (QED) is 0.513. The van der Waals surface area contributed by atoms with E-state index < -0.39 is 5.92 Å². The van der Waals surface area contributed by atoms with Gasteiger partial charge in [-0.05, 0) is 60.8 Å². The van der Waals surface area contributed by atoms with Gasteiger partial charge in [0.25, 0.3) is 0 Å². The molecule has 0 radical (unpaired) electrons. The maximum Gasteiger partial charge on any atom is 0.238 e. The zero-order valence-electron chi connectivity index (χ0n) is 19.0. The standard InChI is InChI=1S/C28H29N3O2/c1-33-23-14-15-24-25(18-23)30-28(32)26(24)27(21-8-4-2-5-9-21)29-22-12-10-20(11-13-22)19-31-16-6-3-7-17-31/h2,4-5,8-15,18,26H,3,6-7,16-17,19H2,1H3,(H,30,32). The Morgan fingerprint density at radius 2 is 1.76 bits per heavy atom. The van der Waals surface area contributed by atoms with Gasteiger partial charge >= 0.3 is 0 Å². The Bertz CT molecular complexity index is 1150. The Kier molecular flexibility index (Phi) is 6.22. The first-order chi connectivity index (χ1) is 16.2. The normalized spacial score (nSPS) is 18.6. The molecule has 5 rings (SSSR count). The molecule has 1 saturated heterocycles. The molecule has 5 heteroatoms. The van der Waals surface area contributed by atoms with Crippen molar-refractivity contribution in [1.29, 1.82) is 0 Å². The van der Waals surface area contributed by atoms with E-state index in [0.29, 0.717) is 0 Å². The Hall–Kier alpha value is -3.44. The number of hydrogen-bond donors (Lipinski definition) is 1. The highest BCUT2D eigenvalue weighted by atomic mass is 16.5. The largest absolute Gasteiger partial charge is 0.497 e. The molecule has 1 amide bonds. The number of ether oxygens (including phenoxy) is 1. The first kappa shape index (κ1) is 21.4. The lowest BCUT2D eigenvalue weighted by atomic mass is 9.90. The molecular weight excluding hydrogens is 410 g/mol. The molecule has 1 fully saturated rings. The van der Waals surface area contributed by atoms with Gasteiger partial charge in [-0.3, -0.25) is 14.7 Å². The molecule has 1 atom stereocenters. The zero-order valence-corrected chi connectivity index (χ0v) is 19.0. The summed E-state index contributed by atoms with van der Waals surface area (Å²) >= 11 is 0. The van der Waals surface area contributed by atoms with Crippen LogP contribution in [0.4, 0.5) is 11.4 Å². The summed E-state index contributed by atoms with van der Waals surface area (Å²) in [5, 5.41) is 3.01. The van der Waals surface area contributed by atoms with E-state index in [0.717, 1.165) is 40.5 Å². The Labute approximate surface area is 195 Å². The molecule has 0 aromatic heterocycles. The van der Waals surface area contributed by atoms with Crippen LogP contribution in [0.2, 0.25) is 0 Å². The van der Waals surface area contributed by atoms with E-state index in [1.54, 1.807) is 7.11 Å². The van der Waals surface area contributed by atoms with Crippen molar-refractivity contribution in [2.24, 2.45) is 4.99 Å². The number of piperidine rings is 1.